The van der Waals surface area contributed by atoms with Crippen molar-refractivity contribution >= 4 is 11.6 Å². The summed E-state index contributed by atoms with van der Waals surface area (Å²) in [5, 5.41) is 6.48. The van der Waals surface area contributed by atoms with Crippen molar-refractivity contribution < 1.29 is 4.79 Å². The van der Waals surface area contributed by atoms with Gasteiger partial charge in [0.25, 0.3) is 5.91 Å². The highest BCUT2D eigenvalue weighted by atomic mass is 16.1. The number of carbonyl (C=O) groups excluding carboxylic acids is 1. The molecule has 0 radical (unpaired) electrons. The van der Waals surface area contributed by atoms with Crippen LogP contribution >= 0.6 is 0 Å². The van der Waals surface area contributed by atoms with Crippen LogP contribution in [0.25, 0.3) is 0 Å². The standard InChI is InChI=1S/C18H30N2O/c1-7-12-19-15-11-9-8-10-14(15)16(21)20-18(5,6)13-17(2,3)4/h8-11,19H,7,12-13H2,1-6H3,(H,20,21). The first-order chi connectivity index (χ1) is 9.64. The first-order valence-electron chi connectivity index (χ1n) is 7.80. The first kappa shape index (κ1) is 17.5. The van der Waals surface area contributed by atoms with Gasteiger partial charge in [-0.05, 0) is 44.2 Å². The Morgan fingerprint density at radius 1 is 1.10 bits per heavy atom. The van der Waals surface area contributed by atoms with Crippen LogP contribution in [0.15, 0.2) is 24.3 Å². The number of amides is 1. The van der Waals surface area contributed by atoms with Crippen LogP contribution in [-0.2, 0) is 0 Å². The summed E-state index contributed by atoms with van der Waals surface area (Å²) in [4.78, 5) is 12.6. The van der Waals surface area contributed by atoms with E-state index in [2.05, 4.69) is 52.2 Å². The van der Waals surface area contributed by atoms with E-state index in [1.807, 2.05) is 24.3 Å². The van der Waals surface area contributed by atoms with Gasteiger partial charge in [0.1, 0.15) is 0 Å². The molecule has 1 rings (SSSR count). The second-order valence-corrected chi connectivity index (χ2v) is 7.55. The van der Waals surface area contributed by atoms with Crippen LogP contribution in [0.4, 0.5) is 5.69 Å². The summed E-state index contributed by atoms with van der Waals surface area (Å²) in [6.07, 6.45) is 1.96. The van der Waals surface area contributed by atoms with E-state index < -0.39 is 0 Å². The van der Waals surface area contributed by atoms with Gasteiger partial charge in [-0.1, -0.05) is 39.8 Å². The normalized spacial score (nSPS) is 12.1. The molecule has 0 aliphatic heterocycles. The van der Waals surface area contributed by atoms with Crippen LogP contribution in [0.5, 0.6) is 0 Å². The highest BCUT2D eigenvalue weighted by Crippen LogP contribution is 2.27. The molecular formula is C18H30N2O. The number of anilines is 1. The largest absolute Gasteiger partial charge is 0.384 e. The summed E-state index contributed by atoms with van der Waals surface area (Å²) < 4.78 is 0. The zero-order valence-corrected chi connectivity index (χ0v) is 14.3. The van der Waals surface area contributed by atoms with Crippen LogP contribution in [0.1, 0.15) is 64.7 Å². The molecule has 3 heteroatoms. The third-order valence-electron chi connectivity index (χ3n) is 3.16. The molecule has 0 unspecified atom stereocenters. The van der Waals surface area contributed by atoms with E-state index in [1.54, 1.807) is 0 Å². The number of benzene rings is 1. The molecule has 1 aromatic carbocycles. The number of hydrogen-bond acceptors (Lipinski definition) is 2. The van der Waals surface area contributed by atoms with Crippen LogP contribution in [-0.4, -0.2) is 18.0 Å². The Hall–Kier alpha value is -1.51. The van der Waals surface area contributed by atoms with Gasteiger partial charge in [-0.2, -0.15) is 0 Å². The van der Waals surface area contributed by atoms with Gasteiger partial charge >= 0.3 is 0 Å². The van der Waals surface area contributed by atoms with Gasteiger partial charge in [-0.3, -0.25) is 4.79 Å². The summed E-state index contributed by atoms with van der Waals surface area (Å²) >= 11 is 0. The highest BCUT2D eigenvalue weighted by Gasteiger charge is 2.27. The minimum atomic E-state index is -0.229. The highest BCUT2D eigenvalue weighted by molar-refractivity contribution is 6.00. The minimum absolute atomic E-state index is 0.0107. The maximum atomic E-state index is 12.6. The number of hydrogen-bond donors (Lipinski definition) is 2. The minimum Gasteiger partial charge on any atom is -0.384 e. The Morgan fingerprint density at radius 2 is 1.71 bits per heavy atom. The molecule has 0 spiro atoms. The Morgan fingerprint density at radius 3 is 2.29 bits per heavy atom. The van der Waals surface area contributed by atoms with E-state index in [9.17, 15) is 4.79 Å². The molecule has 2 N–H and O–H groups in total. The molecule has 1 aromatic rings. The van der Waals surface area contributed by atoms with E-state index in [0.717, 1.165) is 25.1 Å². The monoisotopic (exact) mass is 290 g/mol. The predicted molar refractivity (Wildman–Crippen MR) is 90.8 cm³/mol. The molecule has 0 atom stereocenters. The molecule has 0 saturated carbocycles. The van der Waals surface area contributed by atoms with E-state index in [1.165, 1.54) is 0 Å². The fraction of sp³-hybridized carbons (Fsp3) is 0.611. The van der Waals surface area contributed by atoms with Gasteiger partial charge in [0.05, 0.1) is 5.56 Å². The zero-order chi connectivity index (χ0) is 16.1. The third kappa shape index (κ3) is 6.19. The molecule has 0 aliphatic rings. The average molecular weight is 290 g/mol. The van der Waals surface area contributed by atoms with E-state index >= 15 is 0 Å². The van der Waals surface area contributed by atoms with Crippen molar-refractivity contribution in [3.05, 3.63) is 29.8 Å². The molecular weight excluding hydrogens is 260 g/mol. The Balaban J connectivity index is 2.84. The van der Waals surface area contributed by atoms with Crippen LogP contribution in [0, 0.1) is 5.41 Å². The lowest BCUT2D eigenvalue weighted by molar-refractivity contribution is 0.0892. The lowest BCUT2D eigenvalue weighted by Crippen LogP contribution is -2.46. The van der Waals surface area contributed by atoms with Crippen LogP contribution in [0.3, 0.4) is 0 Å². The lowest BCUT2D eigenvalue weighted by atomic mass is 9.81. The fourth-order valence-electron chi connectivity index (χ4n) is 2.84. The first-order valence-corrected chi connectivity index (χ1v) is 7.80. The summed E-state index contributed by atoms with van der Waals surface area (Å²) in [6.45, 7) is 13.7. The van der Waals surface area contributed by atoms with Gasteiger partial charge in [0, 0.05) is 17.8 Å². The van der Waals surface area contributed by atoms with Crippen LogP contribution < -0.4 is 10.6 Å². The van der Waals surface area contributed by atoms with E-state index in [0.29, 0.717) is 5.56 Å². The topological polar surface area (TPSA) is 41.1 Å². The number of nitrogens with one attached hydrogen (secondary N) is 2. The maximum Gasteiger partial charge on any atom is 0.253 e. The molecule has 0 saturated heterocycles. The van der Waals surface area contributed by atoms with Gasteiger partial charge in [-0.15, -0.1) is 0 Å². The third-order valence-corrected chi connectivity index (χ3v) is 3.16. The van der Waals surface area contributed by atoms with Gasteiger partial charge < -0.3 is 10.6 Å². The zero-order valence-electron chi connectivity index (χ0n) is 14.3. The SMILES string of the molecule is CCCNc1ccccc1C(=O)NC(C)(C)CC(C)(C)C. The maximum absolute atomic E-state index is 12.6. The van der Waals surface area contributed by atoms with E-state index in [-0.39, 0.29) is 16.9 Å². The molecule has 21 heavy (non-hydrogen) atoms. The number of carbonyl (C=O) groups is 1. The lowest BCUT2D eigenvalue weighted by Gasteiger charge is -2.33. The molecule has 118 valence electrons. The second-order valence-electron chi connectivity index (χ2n) is 7.55. The average Bonchev–Trinajstić information content (AvgIpc) is 2.33. The molecule has 0 aromatic heterocycles. The Kier molecular flexibility index (Phi) is 5.82. The molecule has 0 heterocycles. The number of para-hydroxylation sites is 1. The molecule has 0 fully saturated rings. The van der Waals surface area contributed by atoms with Crippen molar-refractivity contribution in [3.8, 4) is 0 Å². The second kappa shape index (κ2) is 6.97. The summed E-state index contributed by atoms with van der Waals surface area (Å²) in [5.41, 5.74) is 1.57. The Labute approximate surface area is 129 Å². The predicted octanol–water partition coefficient (Wildman–Crippen LogP) is 4.45. The smallest absolute Gasteiger partial charge is 0.253 e. The molecule has 3 nitrogen and oxygen atoms in total. The number of rotatable bonds is 6. The molecule has 0 aliphatic carbocycles. The van der Waals surface area contributed by atoms with Gasteiger partial charge in [-0.25, -0.2) is 0 Å². The fourth-order valence-corrected chi connectivity index (χ4v) is 2.84. The van der Waals surface area contributed by atoms with E-state index in [4.69, 9.17) is 0 Å². The summed E-state index contributed by atoms with van der Waals surface area (Å²) in [6, 6.07) is 7.69. The van der Waals surface area contributed by atoms with Gasteiger partial charge in [0.2, 0.25) is 0 Å². The van der Waals surface area contributed by atoms with Crippen molar-refractivity contribution in [1.29, 1.82) is 0 Å². The van der Waals surface area contributed by atoms with Gasteiger partial charge in [0.15, 0.2) is 0 Å². The van der Waals surface area contributed by atoms with Crippen molar-refractivity contribution in [2.45, 2.75) is 59.9 Å². The molecule has 1 amide bonds. The molecule has 0 bridgehead atoms. The summed E-state index contributed by atoms with van der Waals surface area (Å²) in [7, 11) is 0. The van der Waals surface area contributed by atoms with Crippen molar-refractivity contribution in [1.82, 2.24) is 5.32 Å². The quantitative estimate of drug-likeness (QED) is 0.812. The van der Waals surface area contributed by atoms with Crippen molar-refractivity contribution in [3.63, 3.8) is 0 Å². The Bertz CT molecular complexity index is 472. The van der Waals surface area contributed by atoms with Crippen LogP contribution in [0.2, 0.25) is 0 Å². The van der Waals surface area contributed by atoms with Crippen molar-refractivity contribution in [2.24, 2.45) is 5.41 Å². The van der Waals surface area contributed by atoms with Crippen molar-refractivity contribution in [2.75, 3.05) is 11.9 Å². The summed E-state index contributed by atoms with van der Waals surface area (Å²) in [5.74, 6) is -0.0107.